The summed E-state index contributed by atoms with van der Waals surface area (Å²) in [6.07, 6.45) is 1.43. The maximum Gasteiger partial charge on any atom is 0.272 e. The van der Waals surface area contributed by atoms with Crippen molar-refractivity contribution < 1.29 is 19.4 Å². The smallest absolute Gasteiger partial charge is 0.272 e. The minimum Gasteiger partial charge on any atom is -0.502 e. The quantitative estimate of drug-likeness (QED) is 0.310. The number of hydrogen-bond acceptors (Lipinski definition) is 6. The van der Waals surface area contributed by atoms with E-state index < -0.39 is 5.91 Å². The monoisotopic (exact) mass is 461 g/mol. The van der Waals surface area contributed by atoms with Crippen molar-refractivity contribution in [1.82, 2.24) is 10.4 Å². The summed E-state index contributed by atoms with van der Waals surface area (Å²) in [4.78, 5) is 17.7. The molecule has 0 bridgehead atoms. The van der Waals surface area contributed by atoms with Gasteiger partial charge in [-0.2, -0.15) is 5.10 Å². The number of phenolic OH excluding ortho intramolecular Hbond substituents is 1. The Hall–Kier alpha value is -4.10. The highest BCUT2D eigenvalue weighted by Gasteiger charge is 2.15. The molecule has 1 amide bonds. The number of rotatable bonds is 6. The van der Waals surface area contributed by atoms with E-state index in [1.165, 1.54) is 20.4 Å². The fraction of sp³-hybridized carbons (Fsp3) is 0.0800. The van der Waals surface area contributed by atoms with E-state index in [1.807, 2.05) is 42.5 Å². The Balaban J connectivity index is 1.67. The van der Waals surface area contributed by atoms with E-state index in [2.05, 4.69) is 15.5 Å². The molecule has 0 saturated carbocycles. The van der Waals surface area contributed by atoms with Crippen LogP contribution in [-0.2, 0) is 0 Å². The predicted octanol–water partition coefficient (Wildman–Crippen LogP) is 5.04. The van der Waals surface area contributed by atoms with Crippen molar-refractivity contribution in [1.29, 1.82) is 0 Å². The van der Waals surface area contributed by atoms with Gasteiger partial charge in [0.25, 0.3) is 5.91 Å². The van der Waals surface area contributed by atoms with Crippen molar-refractivity contribution in [3.8, 4) is 28.5 Å². The number of benzene rings is 3. The normalized spacial score (nSPS) is 11.0. The maximum atomic E-state index is 13.0. The number of halogens is 1. The van der Waals surface area contributed by atoms with Crippen molar-refractivity contribution in [3.05, 3.63) is 82.9 Å². The van der Waals surface area contributed by atoms with Crippen LogP contribution in [0.1, 0.15) is 15.9 Å². The van der Waals surface area contributed by atoms with Gasteiger partial charge in [0.15, 0.2) is 11.5 Å². The predicted molar refractivity (Wildman–Crippen MR) is 128 cm³/mol. The Morgan fingerprint density at radius 1 is 1.03 bits per heavy atom. The van der Waals surface area contributed by atoms with Crippen LogP contribution in [0.15, 0.2) is 71.8 Å². The maximum absolute atomic E-state index is 13.0. The van der Waals surface area contributed by atoms with E-state index in [9.17, 15) is 9.90 Å². The molecule has 8 heteroatoms. The molecule has 7 nitrogen and oxygen atoms in total. The summed E-state index contributed by atoms with van der Waals surface area (Å²) in [7, 11) is 2.87. The molecule has 3 aromatic carbocycles. The largest absolute Gasteiger partial charge is 0.502 e. The number of carbonyl (C=O) groups is 1. The Kier molecular flexibility index (Phi) is 6.42. The summed E-state index contributed by atoms with van der Waals surface area (Å²) in [6, 6.07) is 19.5. The first-order valence-corrected chi connectivity index (χ1v) is 10.3. The van der Waals surface area contributed by atoms with Gasteiger partial charge in [0.1, 0.15) is 0 Å². The fourth-order valence-electron chi connectivity index (χ4n) is 3.38. The van der Waals surface area contributed by atoms with Gasteiger partial charge in [-0.1, -0.05) is 48.0 Å². The minimum absolute atomic E-state index is 0.114. The van der Waals surface area contributed by atoms with E-state index in [-0.39, 0.29) is 17.2 Å². The van der Waals surface area contributed by atoms with Crippen LogP contribution in [0.5, 0.6) is 17.2 Å². The van der Waals surface area contributed by atoms with E-state index in [1.54, 1.807) is 24.3 Å². The molecule has 0 aliphatic carbocycles. The number of aromatic nitrogens is 1. The van der Waals surface area contributed by atoms with Gasteiger partial charge in [-0.05, 0) is 30.3 Å². The minimum atomic E-state index is -0.407. The second-order valence-electron chi connectivity index (χ2n) is 7.03. The number of ether oxygens (including phenoxy) is 2. The van der Waals surface area contributed by atoms with Crippen LogP contribution in [0.25, 0.3) is 22.2 Å². The number of carbonyl (C=O) groups excluding carboxylic acids is 1. The van der Waals surface area contributed by atoms with Crippen LogP contribution in [-0.4, -0.2) is 36.4 Å². The number of nitrogens with zero attached hydrogens (tertiary/aromatic N) is 2. The number of amides is 1. The van der Waals surface area contributed by atoms with E-state index in [4.69, 9.17) is 21.1 Å². The molecule has 2 N–H and O–H groups in total. The molecular formula is C25H20ClN3O4. The van der Waals surface area contributed by atoms with Gasteiger partial charge in [0, 0.05) is 21.5 Å². The van der Waals surface area contributed by atoms with E-state index in [0.717, 1.165) is 5.56 Å². The van der Waals surface area contributed by atoms with Crippen molar-refractivity contribution in [3.63, 3.8) is 0 Å². The molecule has 1 heterocycles. The molecule has 4 aromatic rings. The molecule has 0 spiro atoms. The molecule has 0 radical (unpaired) electrons. The number of phenols is 1. The number of aromatic hydroxyl groups is 1. The zero-order chi connectivity index (χ0) is 23.4. The second kappa shape index (κ2) is 9.58. The molecule has 33 heavy (non-hydrogen) atoms. The third-order valence-electron chi connectivity index (χ3n) is 4.99. The summed E-state index contributed by atoms with van der Waals surface area (Å²) >= 11 is 6.35. The molecule has 0 saturated heterocycles. The molecule has 4 rings (SSSR count). The molecule has 0 aliphatic rings. The van der Waals surface area contributed by atoms with Gasteiger partial charge in [0.05, 0.1) is 37.2 Å². The first kappa shape index (κ1) is 22.1. The van der Waals surface area contributed by atoms with Gasteiger partial charge in [0.2, 0.25) is 5.75 Å². The number of methoxy groups -OCH3 is 2. The van der Waals surface area contributed by atoms with Gasteiger partial charge in [-0.3, -0.25) is 4.79 Å². The second-order valence-corrected chi connectivity index (χ2v) is 7.43. The van der Waals surface area contributed by atoms with Crippen LogP contribution in [0.3, 0.4) is 0 Å². The lowest BCUT2D eigenvalue weighted by molar-refractivity contribution is 0.0956. The fourth-order valence-corrected chi connectivity index (χ4v) is 3.62. The highest BCUT2D eigenvalue weighted by molar-refractivity contribution is 6.33. The summed E-state index contributed by atoms with van der Waals surface area (Å²) in [6.45, 7) is 0. The average Bonchev–Trinajstić information content (AvgIpc) is 2.84. The van der Waals surface area contributed by atoms with Gasteiger partial charge >= 0.3 is 0 Å². The lowest BCUT2D eigenvalue weighted by Crippen LogP contribution is -2.18. The van der Waals surface area contributed by atoms with Crippen LogP contribution in [0.4, 0.5) is 0 Å². The Morgan fingerprint density at radius 3 is 2.39 bits per heavy atom. The highest BCUT2D eigenvalue weighted by Crippen LogP contribution is 2.36. The van der Waals surface area contributed by atoms with Gasteiger partial charge < -0.3 is 14.6 Å². The number of para-hydroxylation sites is 1. The van der Waals surface area contributed by atoms with Crippen LogP contribution < -0.4 is 14.9 Å². The first-order valence-electron chi connectivity index (χ1n) is 9.95. The molecule has 166 valence electrons. The number of fused-ring (bicyclic) bond motifs is 1. The average molecular weight is 462 g/mol. The molecule has 0 aliphatic heterocycles. The molecule has 1 aromatic heterocycles. The standard InChI is InChI=1S/C25H20ClN3O4/c1-32-22-11-15(12-23(33-2)24(22)30)14-27-29-25(31)18-13-21(17-8-3-5-9-19(17)26)28-20-10-6-4-7-16(18)20/h3-14,30H,1-2H3,(H,29,31). The van der Waals surface area contributed by atoms with Crippen molar-refractivity contribution in [2.75, 3.05) is 14.2 Å². The van der Waals surface area contributed by atoms with E-state index in [0.29, 0.717) is 32.7 Å². The van der Waals surface area contributed by atoms with E-state index >= 15 is 0 Å². The summed E-state index contributed by atoms with van der Waals surface area (Å²) in [5, 5.41) is 15.3. The number of nitrogens with one attached hydrogen (secondary N) is 1. The van der Waals surface area contributed by atoms with Gasteiger partial charge in [-0.25, -0.2) is 10.4 Å². The Labute approximate surface area is 195 Å². The topological polar surface area (TPSA) is 93.0 Å². The molecular weight excluding hydrogens is 442 g/mol. The summed E-state index contributed by atoms with van der Waals surface area (Å²) < 4.78 is 10.3. The summed E-state index contributed by atoms with van der Waals surface area (Å²) in [5.41, 5.74) is 5.50. The molecule has 0 fully saturated rings. The zero-order valence-electron chi connectivity index (χ0n) is 17.9. The third kappa shape index (κ3) is 4.58. The number of hydrazone groups is 1. The zero-order valence-corrected chi connectivity index (χ0v) is 18.6. The Bertz CT molecular complexity index is 1350. The Morgan fingerprint density at radius 2 is 1.70 bits per heavy atom. The number of pyridine rings is 1. The van der Waals surface area contributed by atoms with Crippen molar-refractivity contribution >= 4 is 34.6 Å². The lowest BCUT2D eigenvalue weighted by atomic mass is 10.0. The highest BCUT2D eigenvalue weighted by atomic mass is 35.5. The van der Waals surface area contributed by atoms with Crippen LogP contribution >= 0.6 is 11.6 Å². The lowest BCUT2D eigenvalue weighted by Gasteiger charge is -2.10. The summed E-state index contributed by atoms with van der Waals surface area (Å²) in [5.74, 6) is -0.0642. The first-order chi connectivity index (χ1) is 16.0. The number of hydrogen-bond donors (Lipinski definition) is 2. The SMILES string of the molecule is COc1cc(C=NNC(=O)c2cc(-c3ccccc3Cl)nc3ccccc23)cc(OC)c1O. The van der Waals surface area contributed by atoms with Crippen LogP contribution in [0, 0.1) is 0 Å². The molecule has 0 unspecified atom stereocenters. The third-order valence-corrected chi connectivity index (χ3v) is 5.32. The van der Waals surface area contributed by atoms with Crippen LogP contribution in [0.2, 0.25) is 5.02 Å². The van der Waals surface area contributed by atoms with Crippen molar-refractivity contribution in [2.45, 2.75) is 0 Å². The molecule has 0 atom stereocenters. The van der Waals surface area contributed by atoms with Gasteiger partial charge in [-0.15, -0.1) is 0 Å². The van der Waals surface area contributed by atoms with Crippen molar-refractivity contribution in [2.24, 2.45) is 5.10 Å².